The van der Waals surface area contributed by atoms with E-state index in [2.05, 4.69) is 9.98 Å². The third-order valence-corrected chi connectivity index (χ3v) is 1.86. The van der Waals surface area contributed by atoms with E-state index in [-0.39, 0.29) is 16.3 Å². The first kappa shape index (κ1) is 9.20. The molecule has 0 aliphatic carbocycles. The molecule has 0 atom stereocenters. The van der Waals surface area contributed by atoms with Crippen LogP contribution in [0.4, 0.5) is 0 Å². The van der Waals surface area contributed by atoms with E-state index in [0.717, 1.165) is 0 Å². The molecule has 1 aliphatic rings. The number of carboxylic acids is 1. The molecule has 2 amide bonds. The lowest BCUT2D eigenvalue weighted by molar-refractivity contribution is -0.135. The van der Waals surface area contributed by atoms with Crippen LogP contribution in [0.3, 0.4) is 0 Å². The molecule has 0 radical (unpaired) electrons. The maximum Gasteiger partial charge on any atom is 0.338 e. The normalized spacial score (nSPS) is 13.9. The second-order valence-corrected chi connectivity index (χ2v) is 2.81. The van der Waals surface area contributed by atoms with Gasteiger partial charge in [-0.1, -0.05) is 6.07 Å². The van der Waals surface area contributed by atoms with Gasteiger partial charge in [0, 0.05) is 0 Å². The molecule has 1 aromatic rings. The van der Waals surface area contributed by atoms with Crippen molar-refractivity contribution >= 4 is 17.8 Å². The average molecular weight is 204 g/mol. The lowest BCUT2D eigenvalue weighted by Crippen LogP contribution is -2.38. The number of hydrogen-bond acceptors (Lipinski definition) is 3. The SMILES string of the molecule is O=C1N=c2cccc(C(=O)O)c2=NC1=O. The van der Waals surface area contributed by atoms with Crippen LogP contribution in [-0.2, 0) is 9.59 Å². The van der Waals surface area contributed by atoms with E-state index in [1.807, 2.05) is 0 Å². The van der Waals surface area contributed by atoms with Crippen LogP contribution < -0.4 is 10.7 Å². The molecule has 0 saturated heterocycles. The van der Waals surface area contributed by atoms with Crippen molar-refractivity contribution in [1.29, 1.82) is 0 Å². The minimum Gasteiger partial charge on any atom is -0.478 e. The number of aromatic carboxylic acids is 1. The fourth-order valence-electron chi connectivity index (χ4n) is 1.22. The van der Waals surface area contributed by atoms with Gasteiger partial charge in [-0.2, -0.15) is 0 Å². The molecule has 6 nitrogen and oxygen atoms in total. The largest absolute Gasteiger partial charge is 0.478 e. The van der Waals surface area contributed by atoms with Crippen molar-refractivity contribution in [2.24, 2.45) is 9.98 Å². The Kier molecular flexibility index (Phi) is 1.89. The maximum absolute atomic E-state index is 10.9. The number of amides is 2. The van der Waals surface area contributed by atoms with Gasteiger partial charge in [0.25, 0.3) is 0 Å². The van der Waals surface area contributed by atoms with Crippen molar-refractivity contribution in [1.82, 2.24) is 0 Å². The number of para-hydroxylation sites is 1. The summed E-state index contributed by atoms with van der Waals surface area (Å²) in [5.74, 6) is -3.24. The molecule has 74 valence electrons. The number of nitrogens with zero attached hydrogens (tertiary/aromatic N) is 2. The van der Waals surface area contributed by atoms with Crippen LogP contribution in [0.2, 0.25) is 0 Å². The Hall–Kier alpha value is -2.37. The van der Waals surface area contributed by atoms with Gasteiger partial charge in [-0.25, -0.2) is 14.8 Å². The third kappa shape index (κ3) is 1.41. The first-order valence-corrected chi connectivity index (χ1v) is 3.97. The van der Waals surface area contributed by atoms with Gasteiger partial charge in [0.2, 0.25) is 0 Å². The molecule has 1 N–H and O–H groups in total. The van der Waals surface area contributed by atoms with Gasteiger partial charge in [0.05, 0.1) is 10.9 Å². The summed E-state index contributed by atoms with van der Waals surface area (Å²) in [6.45, 7) is 0. The molecule has 1 aliphatic heterocycles. The summed E-state index contributed by atoms with van der Waals surface area (Å²) in [6.07, 6.45) is 0. The lowest BCUT2D eigenvalue weighted by Gasteiger charge is -1.99. The number of carboxylic acid groups (broad SMARTS) is 1. The zero-order chi connectivity index (χ0) is 11.0. The molecule has 0 unspecified atom stereocenters. The van der Waals surface area contributed by atoms with Crippen LogP contribution in [0.1, 0.15) is 10.4 Å². The van der Waals surface area contributed by atoms with Crippen molar-refractivity contribution in [3.05, 3.63) is 34.5 Å². The number of benzene rings is 1. The number of hydrogen-bond donors (Lipinski definition) is 1. The van der Waals surface area contributed by atoms with Crippen molar-refractivity contribution in [3.8, 4) is 0 Å². The van der Waals surface area contributed by atoms with Crippen LogP contribution in [0.25, 0.3) is 0 Å². The molecule has 6 heteroatoms. The average Bonchev–Trinajstić information content (AvgIpc) is 2.18. The van der Waals surface area contributed by atoms with Gasteiger partial charge in [0.1, 0.15) is 5.36 Å². The van der Waals surface area contributed by atoms with Gasteiger partial charge < -0.3 is 5.11 Å². The smallest absolute Gasteiger partial charge is 0.338 e. The summed E-state index contributed by atoms with van der Waals surface area (Å²) in [5, 5.41) is 8.85. The Balaban J connectivity index is 2.89. The van der Waals surface area contributed by atoms with E-state index in [1.54, 1.807) is 0 Å². The summed E-state index contributed by atoms with van der Waals surface area (Å²) in [5.41, 5.74) is -0.142. The molecule has 1 aromatic carbocycles. The van der Waals surface area contributed by atoms with E-state index in [0.29, 0.717) is 0 Å². The summed E-state index contributed by atoms with van der Waals surface area (Å²) >= 11 is 0. The van der Waals surface area contributed by atoms with Crippen molar-refractivity contribution < 1.29 is 19.5 Å². The number of carbonyl (C=O) groups excluding carboxylic acids is 2. The number of rotatable bonds is 1. The molecule has 0 aromatic heterocycles. The van der Waals surface area contributed by atoms with Crippen LogP contribution in [-0.4, -0.2) is 22.9 Å². The highest BCUT2D eigenvalue weighted by molar-refractivity contribution is 6.36. The van der Waals surface area contributed by atoms with Crippen LogP contribution in [0.15, 0.2) is 28.2 Å². The summed E-state index contributed by atoms with van der Waals surface area (Å²) in [4.78, 5) is 39.4. The van der Waals surface area contributed by atoms with Crippen molar-refractivity contribution in [2.75, 3.05) is 0 Å². The van der Waals surface area contributed by atoms with E-state index >= 15 is 0 Å². The van der Waals surface area contributed by atoms with E-state index < -0.39 is 17.8 Å². The predicted molar refractivity (Wildman–Crippen MR) is 45.7 cm³/mol. The maximum atomic E-state index is 10.9. The minimum atomic E-state index is -1.21. The quantitative estimate of drug-likeness (QED) is 0.574. The summed E-state index contributed by atoms with van der Waals surface area (Å²) < 4.78 is 0. The van der Waals surface area contributed by atoms with Crippen LogP contribution >= 0.6 is 0 Å². The lowest BCUT2D eigenvalue weighted by atomic mass is 10.2. The van der Waals surface area contributed by atoms with Gasteiger partial charge >= 0.3 is 17.8 Å². The molecule has 0 fully saturated rings. The fourth-order valence-corrected chi connectivity index (χ4v) is 1.22. The van der Waals surface area contributed by atoms with E-state index in [1.165, 1.54) is 18.2 Å². The van der Waals surface area contributed by atoms with Crippen molar-refractivity contribution in [3.63, 3.8) is 0 Å². The number of fused-ring (bicyclic) bond motifs is 1. The molecule has 15 heavy (non-hydrogen) atoms. The zero-order valence-electron chi connectivity index (χ0n) is 7.30. The van der Waals surface area contributed by atoms with E-state index in [9.17, 15) is 14.4 Å². The molecule has 0 spiro atoms. The zero-order valence-corrected chi connectivity index (χ0v) is 7.30. The molecule has 0 bridgehead atoms. The van der Waals surface area contributed by atoms with Gasteiger partial charge in [-0.3, -0.25) is 9.59 Å². The molecular formula is C9H4N2O4. The third-order valence-electron chi connectivity index (χ3n) is 1.86. The van der Waals surface area contributed by atoms with Crippen LogP contribution in [0.5, 0.6) is 0 Å². The second-order valence-electron chi connectivity index (χ2n) is 2.81. The van der Waals surface area contributed by atoms with Crippen molar-refractivity contribution in [2.45, 2.75) is 0 Å². The highest BCUT2D eigenvalue weighted by Gasteiger charge is 2.18. The Morgan fingerprint density at radius 1 is 1.13 bits per heavy atom. The summed E-state index contributed by atoms with van der Waals surface area (Å²) in [7, 11) is 0. The highest BCUT2D eigenvalue weighted by atomic mass is 16.4. The molecule has 0 saturated carbocycles. The minimum absolute atomic E-state index is 0.0606. The van der Waals surface area contributed by atoms with Gasteiger partial charge in [-0.15, -0.1) is 0 Å². The first-order chi connectivity index (χ1) is 7.09. The monoisotopic (exact) mass is 204 g/mol. The van der Waals surface area contributed by atoms with Gasteiger partial charge in [-0.05, 0) is 12.1 Å². The highest BCUT2D eigenvalue weighted by Crippen LogP contribution is 1.92. The molecule has 1 heterocycles. The second kappa shape index (κ2) is 3.09. The topological polar surface area (TPSA) is 96.2 Å². The first-order valence-electron chi connectivity index (χ1n) is 3.97. The standard InChI is InChI=1S/C9H4N2O4/c12-7-8(13)11-6-4(9(14)15)2-1-3-5(6)10-7/h1-3H,(H,14,15). The number of carbonyl (C=O) groups is 3. The fraction of sp³-hybridized carbons (Fsp3) is 0. The van der Waals surface area contributed by atoms with Gasteiger partial charge in [0.15, 0.2) is 0 Å². The molecular weight excluding hydrogens is 200 g/mol. The Morgan fingerprint density at radius 2 is 1.80 bits per heavy atom. The Labute approximate surface area is 82.6 Å². The molecule has 2 rings (SSSR count). The Bertz CT molecular complexity index is 603. The summed E-state index contributed by atoms with van der Waals surface area (Å²) in [6, 6.07) is 4.16. The Morgan fingerprint density at radius 3 is 2.47 bits per heavy atom. The van der Waals surface area contributed by atoms with E-state index in [4.69, 9.17) is 5.11 Å². The van der Waals surface area contributed by atoms with Crippen LogP contribution in [0, 0.1) is 0 Å². The predicted octanol–water partition coefficient (Wildman–Crippen LogP) is -1.31.